The minimum atomic E-state index is 0.109. The zero-order valence-electron chi connectivity index (χ0n) is 12.9. The summed E-state index contributed by atoms with van der Waals surface area (Å²) in [5.74, 6) is 0.708. The minimum absolute atomic E-state index is 0.109. The summed E-state index contributed by atoms with van der Waals surface area (Å²) in [7, 11) is 0. The predicted octanol–water partition coefficient (Wildman–Crippen LogP) is 4.14. The second-order valence-electron chi connectivity index (χ2n) is 5.86. The lowest BCUT2D eigenvalue weighted by molar-refractivity contribution is -0.101. The van der Waals surface area contributed by atoms with E-state index in [2.05, 4.69) is 33.0 Å². The Morgan fingerprint density at radius 2 is 1.78 bits per heavy atom. The van der Waals surface area contributed by atoms with E-state index in [1.165, 1.54) is 44.9 Å². The van der Waals surface area contributed by atoms with Gasteiger partial charge in [0.2, 0.25) is 0 Å². The molecule has 0 bridgehead atoms. The van der Waals surface area contributed by atoms with Crippen molar-refractivity contribution in [1.82, 2.24) is 5.32 Å². The molecule has 0 radical (unpaired) electrons. The molecule has 1 saturated carbocycles. The zero-order chi connectivity index (χ0) is 13.4. The van der Waals surface area contributed by atoms with Crippen LogP contribution in [0.15, 0.2) is 0 Å². The minimum Gasteiger partial charge on any atom is -0.374 e. The largest absolute Gasteiger partial charge is 0.374 e. The summed E-state index contributed by atoms with van der Waals surface area (Å²) in [6, 6.07) is 0.530. The fourth-order valence-electron chi connectivity index (χ4n) is 3.73. The lowest BCUT2D eigenvalue weighted by Crippen LogP contribution is -2.56. The van der Waals surface area contributed by atoms with Gasteiger partial charge >= 0.3 is 0 Å². The third-order valence-electron chi connectivity index (χ3n) is 4.44. The molecule has 0 aromatic carbocycles. The van der Waals surface area contributed by atoms with Crippen molar-refractivity contribution in [2.24, 2.45) is 5.92 Å². The topological polar surface area (TPSA) is 21.3 Å². The number of likely N-dealkylation sites (N-methyl/N-ethyl adjacent to an activating group) is 1. The molecule has 0 spiro atoms. The summed E-state index contributed by atoms with van der Waals surface area (Å²) in [6.07, 6.45) is 9.11. The smallest absolute Gasteiger partial charge is 0.0837 e. The SMILES string of the molecule is CCCC(C)C(NCC)C1(OCC)CCCCC1. The summed E-state index contributed by atoms with van der Waals surface area (Å²) < 4.78 is 6.29. The van der Waals surface area contributed by atoms with E-state index in [0.717, 1.165) is 13.2 Å². The lowest BCUT2D eigenvalue weighted by Gasteiger charge is -2.46. The maximum absolute atomic E-state index is 6.29. The summed E-state index contributed by atoms with van der Waals surface area (Å²) in [5, 5.41) is 3.74. The van der Waals surface area contributed by atoms with Crippen LogP contribution in [0.25, 0.3) is 0 Å². The first-order chi connectivity index (χ1) is 8.70. The second-order valence-corrected chi connectivity index (χ2v) is 5.86. The van der Waals surface area contributed by atoms with Crippen LogP contribution >= 0.6 is 0 Å². The van der Waals surface area contributed by atoms with Gasteiger partial charge in [0, 0.05) is 12.6 Å². The van der Waals surface area contributed by atoms with Gasteiger partial charge in [-0.1, -0.05) is 46.5 Å². The fourth-order valence-corrected chi connectivity index (χ4v) is 3.73. The van der Waals surface area contributed by atoms with Gasteiger partial charge in [-0.2, -0.15) is 0 Å². The van der Waals surface area contributed by atoms with Crippen molar-refractivity contribution in [3.63, 3.8) is 0 Å². The van der Waals surface area contributed by atoms with Crippen LogP contribution in [0.3, 0.4) is 0 Å². The molecule has 1 rings (SSSR count). The van der Waals surface area contributed by atoms with Crippen molar-refractivity contribution < 1.29 is 4.74 Å². The third-order valence-corrected chi connectivity index (χ3v) is 4.44. The lowest BCUT2D eigenvalue weighted by atomic mass is 9.74. The monoisotopic (exact) mass is 255 g/mol. The Bertz CT molecular complexity index is 206. The summed E-state index contributed by atoms with van der Waals surface area (Å²) >= 11 is 0. The molecule has 0 aromatic rings. The van der Waals surface area contributed by atoms with E-state index in [9.17, 15) is 0 Å². The highest BCUT2D eigenvalue weighted by Gasteiger charge is 2.42. The van der Waals surface area contributed by atoms with E-state index in [0.29, 0.717) is 12.0 Å². The second kappa shape index (κ2) is 8.16. The number of hydrogen-bond acceptors (Lipinski definition) is 2. The average Bonchev–Trinajstić information content (AvgIpc) is 2.37. The van der Waals surface area contributed by atoms with Gasteiger partial charge in [-0.3, -0.25) is 0 Å². The number of hydrogen-bond donors (Lipinski definition) is 1. The summed E-state index contributed by atoms with van der Waals surface area (Å²) in [6.45, 7) is 10.9. The summed E-state index contributed by atoms with van der Waals surface area (Å²) in [4.78, 5) is 0. The third kappa shape index (κ3) is 3.96. The van der Waals surface area contributed by atoms with Crippen LogP contribution in [0.5, 0.6) is 0 Å². The van der Waals surface area contributed by atoms with Gasteiger partial charge < -0.3 is 10.1 Å². The number of rotatable bonds is 8. The van der Waals surface area contributed by atoms with Crippen LogP contribution in [0.2, 0.25) is 0 Å². The van der Waals surface area contributed by atoms with E-state index < -0.39 is 0 Å². The first-order valence-electron chi connectivity index (χ1n) is 8.07. The first kappa shape index (κ1) is 16.0. The van der Waals surface area contributed by atoms with Crippen LogP contribution < -0.4 is 5.32 Å². The molecule has 0 aliphatic heterocycles. The van der Waals surface area contributed by atoms with Gasteiger partial charge in [0.05, 0.1) is 5.60 Å². The van der Waals surface area contributed by atoms with Gasteiger partial charge in [-0.25, -0.2) is 0 Å². The molecule has 18 heavy (non-hydrogen) atoms. The highest BCUT2D eigenvalue weighted by molar-refractivity contribution is 4.97. The van der Waals surface area contributed by atoms with Crippen LogP contribution in [0.1, 0.15) is 72.6 Å². The molecular formula is C16H33NO. The van der Waals surface area contributed by atoms with E-state index in [-0.39, 0.29) is 5.60 Å². The zero-order valence-corrected chi connectivity index (χ0v) is 12.9. The summed E-state index contributed by atoms with van der Waals surface area (Å²) in [5.41, 5.74) is 0.109. The highest BCUT2D eigenvalue weighted by Crippen LogP contribution is 2.38. The van der Waals surface area contributed by atoms with Crippen LogP contribution in [0, 0.1) is 5.92 Å². The van der Waals surface area contributed by atoms with Crippen molar-refractivity contribution in [3.05, 3.63) is 0 Å². The van der Waals surface area contributed by atoms with Crippen LogP contribution in [-0.4, -0.2) is 24.8 Å². The van der Waals surface area contributed by atoms with E-state index in [4.69, 9.17) is 4.74 Å². The quantitative estimate of drug-likeness (QED) is 0.704. The maximum atomic E-state index is 6.29. The molecule has 2 atom stereocenters. The number of nitrogens with one attached hydrogen (secondary N) is 1. The van der Waals surface area contributed by atoms with Crippen LogP contribution in [0.4, 0.5) is 0 Å². The molecule has 108 valence electrons. The molecular weight excluding hydrogens is 222 g/mol. The molecule has 1 aliphatic carbocycles. The Hall–Kier alpha value is -0.0800. The van der Waals surface area contributed by atoms with Crippen molar-refractivity contribution in [3.8, 4) is 0 Å². The Balaban J connectivity index is 2.81. The van der Waals surface area contributed by atoms with E-state index in [1.807, 2.05) is 0 Å². The molecule has 0 aromatic heterocycles. The van der Waals surface area contributed by atoms with Crippen LogP contribution in [-0.2, 0) is 4.74 Å². The van der Waals surface area contributed by atoms with E-state index in [1.54, 1.807) is 0 Å². The van der Waals surface area contributed by atoms with Gasteiger partial charge in [0.25, 0.3) is 0 Å². The van der Waals surface area contributed by atoms with Gasteiger partial charge in [-0.05, 0) is 38.6 Å². The molecule has 0 heterocycles. The van der Waals surface area contributed by atoms with Gasteiger partial charge in [-0.15, -0.1) is 0 Å². The van der Waals surface area contributed by atoms with Crippen molar-refractivity contribution in [2.45, 2.75) is 84.3 Å². The van der Waals surface area contributed by atoms with Crippen molar-refractivity contribution in [1.29, 1.82) is 0 Å². The maximum Gasteiger partial charge on any atom is 0.0837 e. The molecule has 1 N–H and O–H groups in total. The molecule has 2 unspecified atom stereocenters. The molecule has 0 saturated heterocycles. The Kier molecular flexibility index (Phi) is 7.25. The fraction of sp³-hybridized carbons (Fsp3) is 1.00. The first-order valence-corrected chi connectivity index (χ1v) is 8.07. The molecule has 0 amide bonds. The molecule has 2 heteroatoms. The van der Waals surface area contributed by atoms with E-state index >= 15 is 0 Å². The highest BCUT2D eigenvalue weighted by atomic mass is 16.5. The normalized spacial score (nSPS) is 22.7. The van der Waals surface area contributed by atoms with Gasteiger partial charge in [0.1, 0.15) is 0 Å². The standard InChI is InChI=1S/C16H33NO/c1-5-11-14(4)15(17-6-2)16(18-7-3)12-9-8-10-13-16/h14-15,17H,5-13H2,1-4H3. The predicted molar refractivity (Wildman–Crippen MR) is 79.0 cm³/mol. The molecule has 2 nitrogen and oxygen atoms in total. The van der Waals surface area contributed by atoms with Crippen molar-refractivity contribution in [2.75, 3.05) is 13.2 Å². The Morgan fingerprint density at radius 1 is 1.11 bits per heavy atom. The van der Waals surface area contributed by atoms with Crippen molar-refractivity contribution >= 4 is 0 Å². The molecule has 1 aliphatic rings. The molecule has 1 fully saturated rings. The Labute approximate surface area is 114 Å². The average molecular weight is 255 g/mol. The Morgan fingerprint density at radius 3 is 2.28 bits per heavy atom. The number of ether oxygens (including phenoxy) is 1. The van der Waals surface area contributed by atoms with Gasteiger partial charge in [0.15, 0.2) is 0 Å².